The molecule has 2 radical (unpaired) electrons. The first kappa shape index (κ1) is 30.4. The van der Waals surface area contributed by atoms with Crippen molar-refractivity contribution in [2.45, 2.75) is 41.5 Å². The van der Waals surface area contributed by atoms with E-state index in [1.54, 1.807) is 0 Å². The quantitative estimate of drug-likeness (QED) is 0.279. The summed E-state index contributed by atoms with van der Waals surface area (Å²) in [7, 11) is 0. The zero-order chi connectivity index (χ0) is 27.3. The van der Waals surface area contributed by atoms with E-state index in [4.69, 9.17) is 0 Å². The molecule has 3 heterocycles. The van der Waals surface area contributed by atoms with E-state index in [9.17, 15) is 19.2 Å². The van der Waals surface area contributed by atoms with E-state index in [-0.39, 0.29) is 20.4 Å². The van der Waals surface area contributed by atoms with Crippen molar-refractivity contribution in [3.63, 3.8) is 0 Å². The number of anilines is 2. The van der Waals surface area contributed by atoms with Gasteiger partial charge < -0.3 is 19.3 Å². The first-order chi connectivity index (χ1) is 17.4. The van der Waals surface area contributed by atoms with Gasteiger partial charge in [0.1, 0.15) is 0 Å². The number of hydrogen-bond acceptors (Lipinski definition) is 8. The molecule has 9 heteroatoms. The molecule has 2 aromatic rings. The van der Waals surface area contributed by atoms with Gasteiger partial charge in [0.2, 0.25) is 6.67 Å². The van der Waals surface area contributed by atoms with E-state index in [1.165, 1.54) is 44.8 Å². The predicted octanol–water partition coefficient (Wildman–Crippen LogP) is 4.58. The van der Waals surface area contributed by atoms with E-state index in [0.717, 1.165) is 24.3 Å². The van der Waals surface area contributed by atoms with Crippen LogP contribution in [0.1, 0.15) is 33.4 Å². The number of esters is 4. The van der Waals surface area contributed by atoms with Gasteiger partial charge in [-0.05, 0) is 63.8 Å². The summed E-state index contributed by atoms with van der Waals surface area (Å²) in [5, 5.41) is 0. The SMILES string of the molecule is Cc1cc(C)c(N2[C]N(c3c(C)cc(C)cc3C)C=C2)c(C)c1.O=C1C=CC(=O)O1.O=C1C=CC(=O)O1.[Pd]. The molecule has 0 N–H and O–H groups in total. The summed E-state index contributed by atoms with van der Waals surface area (Å²) in [6.45, 7) is 16.4. The van der Waals surface area contributed by atoms with Crippen molar-refractivity contribution in [3.8, 4) is 0 Å². The number of carbonyl (C=O) groups excluding carboxylic acids is 4. The second-order valence-corrected chi connectivity index (χ2v) is 8.78. The molecule has 200 valence electrons. The third kappa shape index (κ3) is 7.85. The summed E-state index contributed by atoms with van der Waals surface area (Å²) >= 11 is 0. The van der Waals surface area contributed by atoms with Crippen LogP contribution < -0.4 is 9.80 Å². The summed E-state index contributed by atoms with van der Waals surface area (Å²) in [5.74, 6) is -2.31. The van der Waals surface area contributed by atoms with E-state index >= 15 is 0 Å². The minimum absolute atomic E-state index is 0. The van der Waals surface area contributed by atoms with Crippen molar-refractivity contribution >= 4 is 35.3 Å². The van der Waals surface area contributed by atoms with Crippen LogP contribution in [0.5, 0.6) is 0 Å². The topological polar surface area (TPSA) is 93.2 Å². The zero-order valence-corrected chi connectivity index (χ0v) is 23.5. The van der Waals surface area contributed by atoms with Crippen LogP contribution in [0.15, 0.2) is 61.0 Å². The average molecular weight is 607 g/mol. The second kappa shape index (κ2) is 13.1. The van der Waals surface area contributed by atoms with Gasteiger partial charge in [-0.3, -0.25) is 0 Å². The molecule has 2 aromatic carbocycles. The third-order valence-electron chi connectivity index (χ3n) is 5.45. The van der Waals surface area contributed by atoms with Crippen LogP contribution in [0.3, 0.4) is 0 Å². The van der Waals surface area contributed by atoms with E-state index in [1.807, 2.05) is 0 Å². The Hall–Kier alpha value is -3.80. The Bertz CT molecular complexity index is 1180. The summed E-state index contributed by atoms with van der Waals surface area (Å²) in [5.41, 5.74) is 10.1. The Kier molecular flexibility index (Phi) is 10.5. The Morgan fingerprint density at radius 2 is 0.789 bits per heavy atom. The minimum atomic E-state index is -0.579. The van der Waals surface area contributed by atoms with Gasteiger partial charge >= 0.3 is 23.9 Å². The Morgan fingerprint density at radius 1 is 0.526 bits per heavy atom. The van der Waals surface area contributed by atoms with Gasteiger partial charge in [-0.25, -0.2) is 19.2 Å². The van der Waals surface area contributed by atoms with Crippen LogP contribution in [0, 0.1) is 48.2 Å². The summed E-state index contributed by atoms with van der Waals surface area (Å²) in [6.07, 6.45) is 8.52. The maximum Gasteiger partial charge on any atom is 0.338 e. The van der Waals surface area contributed by atoms with Crippen molar-refractivity contribution in [1.82, 2.24) is 0 Å². The van der Waals surface area contributed by atoms with Crippen LogP contribution in [0.25, 0.3) is 0 Å². The summed E-state index contributed by atoms with van der Waals surface area (Å²) < 4.78 is 7.94. The Morgan fingerprint density at radius 3 is 1.00 bits per heavy atom. The molecule has 8 nitrogen and oxygen atoms in total. The second-order valence-electron chi connectivity index (χ2n) is 8.78. The molecule has 0 fully saturated rings. The van der Waals surface area contributed by atoms with Crippen LogP contribution in [-0.4, -0.2) is 23.9 Å². The fraction of sp³-hybridized carbons (Fsp3) is 0.207. The number of rotatable bonds is 2. The van der Waals surface area contributed by atoms with Gasteiger partial charge in [-0.2, -0.15) is 0 Å². The van der Waals surface area contributed by atoms with Gasteiger partial charge in [0.25, 0.3) is 0 Å². The fourth-order valence-electron chi connectivity index (χ4n) is 4.28. The number of cyclic esters (lactones) is 4. The first-order valence-corrected chi connectivity index (χ1v) is 11.5. The minimum Gasteiger partial charge on any atom is -0.387 e. The third-order valence-corrected chi connectivity index (χ3v) is 5.45. The Balaban J connectivity index is 0.000000275. The molecule has 3 aliphatic rings. The zero-order valence-electron chi connectivity index (χ0n) is 21.9. The number of carbonyl (C=O) groups is 4. The van der Waals surface area contributed by atoms with Gasteiger partial charge in [0.05, 0.1) is 0 Å². The largest absolute Gasteiger partial charge is 0.387 e. The average Bonchev–Trinajstić information content (AvgIpc) is 3.50. The van der Waals surface area contributed by atoms with Crippen molar-refractivity contribution in [1.29, 1.82) is 0 Å². The van der Waals surface area contributed by atoms with Gasteiger partial charge in [0, 0.05) is 68.5 Å². The molecular formula is C29H28N2O6Pd. The number of nitrogens with zero attached hydrogens (tertiary/aromatic N) is 2. The smallest absolute Gasteiger partial charge is 0.338 e. The molecule has 0 unspecified atom stereocenters. The van der Waals surface area contributed by atoms with Gasteiger partial charge in [-0.15, -0.1) is 0 Å². The molecule has 0 bridgehead atoms. The predicted molar refractivity (Wildman–Crippen MR) is 139 cm³/mol. The molecular weight excluding hydrogens is 579 g/mol. The van der Waals surface area contributed by atoms with Crippen LogP contribution >= 0.6 is 0 Å². The first-order valence-electron chi connectivity index (χ1n) is 11.5. The standard InChI is InChI=1S/C21H24N2.2C4H2O3.Pd/c1-14-9-16(3)20(17(4)10-14)22-7-8-23(13-22)21-18(5)11-15(2)12-19(21)6;2*5-3-1-2-4(6)7-3;/h7-12H,1-6H3;2*1-2H;. The van der Waals surface area contributed by atoms with E-state index in [2.05, 4.69) is 104 Å². The van der Waals surface area contributed by atoms with Crippen molar-refractivity contribution in [3.05, 3.63) is 101 Å². The maximum atomic E-state index is 9.92. The molecule has 0 amide bonds. The molecule has 0 aliphatic carbocycles. The van der Waals surface area contributed by atoms with Crippen molar-refractivity contribution < 1.29 is 49.1 Å². The summed E-state index contributed by atoms with van der Waals surface area (Å²) in [6, 6.07) is 8.90. The van der Waals surface area contributed by atoms with Crippen LogP contribution in [-0.2, 0) is 49.1 Å². The summed E-state index contributed by atoms with van der Waals surface area (Å²) in [4.78, 5) is 43.9. The molecule has 0 saturated carbocycles. The normalized spacial score (nSPS) is 15.0. The molecule has 3 aliphatic heterocycles. The van der Waals surface area contributed by atoms with Crippen LogP contribution in [0.4, 0.5) is 11.4 Å². The Labute approximate surface area is 236 Å². The number of aryl methyl sites for hydroxylation is 6. The molecule has 0 saturated heterocycles. The van der Waals surface area contributed by atoms with Gasteiger partial charge in [0.15, 0.2) is 0 Å². The molecule has 0 spiro atoms. The molecule has 5 rings (SSSR count). The molecule has 0 aromatic heterocycles. The van der Waals surface area contributed by atoms with E-state index < -0.39 is 23.9 Å². The molecule has 0 atom stereocenters. The number of benzene rings is 2. The monoisotopic (exact) mass is 606 g/mol. The molecule has 38 heavy (non-hydrogen) atoms. The maximum absolute atomic E-state index is 9.92. The van der Waals surface area contributed by atoms with E-state index in [0.29, 0.717) is 0 Å². The van der Waals surface area contributed by atoms with Crippen molar-refractivity contribution in [2.24, 2.45) is 0 Å². The van der Waals surface area contributed by atoms with Crippen LogP contribution in [0.2, 0.25) is 0 Å². The fourth-order valence-corrected chi connectivity index (χ4v) is 4.28. The number of ether oxygens (including phenoxy) is 2. The number of hydrogen-bond donors (Lipinski definition) is 0. The van der Waals surface area contributed by atoms with Gasteiger partial charge in [-0.1, -0.05) is 35.4 Å². The van der Waals surface area contributed by atoms with Crippen molar-refractivity contribution in [2.75, 3.05) is 9.80 Å².